The van der Waals surface area contributed by atoms with Gasteiger partial charge in [0.05, 0.1) is 12.5 Å². The summed E-state index contributed by atoms with van der Waals surface area (Å²) in [5.74, 6) is 0.453. The van der Waals surface area contributed by atoms with Crippen molar-refractivity contribution < 1.29 is 19.1 Å². The molecule has 0 N–H and O–H groups in total. The Hall–Kier alpha value is -2.04. The van der Waals surface area contributed by atoms with E-state index in [1.165, 1.54) is 0 Å². The maximum absolute atomic E-state index is 12.2. The summed E-state index contributed by atoms with van der Waals surface area (Å²) >= 11 is 0. The van der Waals surface area contributed by atoms with Crippen molar-refractivity contribution in [1.29, 1.82) is 0 Å². The summed E-state index contributed by atoms with van der Waals surface area (Å²) in [5.41, 5.74) is 2.23. The number of carbonyl (C=O) groups excluding carboxylic acids is 2. The van der Waals surface area contributed by atoms with E-state index in [0.29, 0.717) is 32.5 Å². The quantitative estimate of drug-likeness (QED) is 0.783. The maximum atomic E-state index is 12.2. The van der Waals surface area contributed by atoms with E-state index in [9.17, 15) is 9.59 Å². The van der Waals surface area contributed by atoms with Gasteiger partial charge in [-0.1, -0.05) is 6.07 Å². The average Bonchev–Trinajstić information content (AvgIpc) is 2.52. The minimum absolute atomic E-state index is 0.0347. The number of piperidine rings is 1. The Bertz CT molecular complexity index is 542. The van der Waals surface area contributed by atoms with Crippen molar-refractivity contribution in [3.63, 3.8) is 0 Å². The van der Waals surface area contributed by atoms with Crippen LogP contribution in [-0.2, 0) is 14.3 Å². The zero-order chi connectivity index (χ0) is 16.8. The Morgan fingerprint density at radius 3 is 2.30 bits per heavy atom. The minimum atomic E-state index is -0.147. The number of likely N-dealkylation sites (tertiary alicyclic amines) is 1. The number of aryl methyl sites for hydroxylation is 2. The van der Waals surface area contributed by atoms with Crippen LogP contribution < -0.4 is 4.74 Å². The molecule has 2 rings (SSSR count). The van der Waals surface area contributed by atoms with E-state index in [1.807, 2.05) is 26.0 Å². The van der Waals surface area contributed by atoms with Crippen LogP contribution in [0.1, 0.15) is 30.9 Å². The Labute approximate surface area is 137 Å². The third-order valence-corrected chi connectivity index (χ3v) is 4.03. The van der Waals surface area contributed by atoms with Crippen molar-refractivity contribution in [3.8, 4) is 5.75 Å². The van der Waals surface area contributed by atoms with Gasteiger partial charge in [0.25, 0.3) is 5.91 Å². The lowest BCUT2D eigenvalue weighted by atomic mass is 9.97. The SMILES string of the molecule is CCOC(=O)C1CCN(C(=O)COc2cc(C)cc(C)c2)CC1. The van der Waals surface area contributed by atoms with Crippen LogP contribution in [0.25, 0.3) is 0 Å². The second-order valence-electron chi connectivity index (χ2n) is 6.02. The summed E-state index contributed by atoms with van der Waals surface area (Å²) in [4.78, 5) is 25.7. The molecule has 1 amide bonds. The van der Waals surface area contributed by atoms with Crippen LogP contribution >= 0.6 is 0 Å². The molecule has 0 aliphatic carbocycles. The molecule has 126 valence electrons. The molecule has 0 atom stereocenters. The van der Waals surface area contributed by atoms with Gasteiger partial charge in [-0.05, 0) is 56.9 Å². The Kier molecular flexibility index (Phi) is 6.02. The fourth-order valence-corrected chi connectivity index (χ4v) is 2.88. The number of rotatable bonds is 5. The average molecular weight is 319 g/mol. The molecular weight excluding hydrogens is 294 g/mol. The largest absolute Gasteiger partial charge is 0.484 e. The lowest BCUT2D eigenvalue weighted by Gasteiger charge is -2.30. The van der Waals surface area contributed by atoms with Gasteiger partial charge in [0.2, 0.25) is 0 Å². The minimum Gasteiger partial charge on any atom is -0.484 e. The Morgan fingerprint density at radius 1 is 1.13 bits per heavy atom. The molecule has 5 heteroatoms. The van der Waals surface area contributed by atoms with Crippen molar-refractivity contribution in [1.82, 2.24) is 4.90 Å². The lowest BCUT2D eigenvalue weighted by Crippen LogP contribution is -2.42. The van der Waals surface area contributed by atoms with Crippen LogP contribution in [0.5, 0.6) is 5.75 Å². The van der Waals surface area contributed by atoms with Gasteiger partial charge in [-0.3, -0.25) is 9.59 Å². The van der Waals surface area contributed by atoms with Crippen molar-refractivity contribution >= 4 is 11.9 Å². The summed E-state index contributed by atoms with van der Waals surface area (Å²) in [7, 11) is 0. The van der Waals surface area contributed by atoms with E-state index in [2.05, 4.69) is 6.07 Å². The molecule has 1 aromatic rings. The van der Waals surface area contributed by atoms with E-state index in [-0.39, 0.29) is 24.4 Å². The monoisotopic (exact) mass is 319 g/mol. The van der Waals surface area contributed by atoms with Crippen LogP contribution in [-0.4, -0.2) is 43.1 Å². The lowest BCUT2D eigenvalue weighted by molar-refractivity contribution is -0.151. The highest BCUT2D eigenvalue weighted by atomic mass is 16.5. The molecule has 0 bridgehead atoms. The predicted octanol–water partition coefficient (Wildman–Crippen LogP) is 2.48. The molecule has 1 fully saturated rings. The van der Waals surface area contributed by atoms with Crippen molar-refractivity contribution in [2.75, 3.05) is 26.3 Å². The van der Waals surface area contributed by atoms with E-state index in [0.717, 1.165) is 16.9 Å². The molecule has 0 spiro atoms. The molecule has 1 aliphatic heterocycles. The first-order valence-corrected chi connectivity index (χ1v) is 8.15. The molecule has 0 saturated carbocycles. The summed E-state index contributed by atoms with van der Waals surface area (Å²) in [5, 5.41) is 0. The van der Waals surface area contributed by atoms with Gasteiger partial charge < -0.3 is 14.4 Å². The van der Waals surface area contributed by atoms with Crippen LogP contribution in [0.4, 0.5) is 0 Å². The third-order valence-electron chi connectivity index (χ3n) is 4.03. The van der Waals surface area contributed by atoms with E-state index >= 15 is 0 Å². The first-order chi connectivity index (χ1) is 11.0. The van der Waals surface area contributed by atoms with E-state index in [1.54, 1.807) is 11.8 Å². The predicted molar refractivity (Wildman–Crippen MR) is 87.3 cm³/mol. The molecule has 1 saturated heterocycles. The molecule has 1 aromatic carbocycles. The first-order valence-electron chi connectivity index (χ1n) is 8.15. The van der Waals surface area contributed by atoms with Gasteiger partial charge in [0.15, 0.2) is 6.61 Å². The van der Waals surface area contributed by atoms with Crippen molar-refractivity contribution in [2.45, 2.75) is 33.6 Å². The van der Waals surface area contributed by atoms with Crippen LogP contribution in [0.2, 0.25) is 0 Å². The van der Waals surface area contributed by atoms with Gasteiger partial charge in [-0.25, -0.2) is 0 Å². The maximum Gasteiger partial charge on any atom is 0.309 e. The fraction of sp³-hybridized carbons (Fsp3) is 0.556. The summed E-state index contributed by atoms with van der Waals surface area (Å²) < 4.78 is 10.7. The number of benzene rings is 1. The molecule has 23 heavy (non-hydrogen) atoms. The first kappa shape index (κ1) is 17.3. The van der Waals surface area contributed by atoms with E-state index in [4.69, 9.17) is 9.47 Å². The summed E-state index contributed by atoms with van der Waals surface area (Å²) in [6, 6.07) is 5.91. The third kappa shape index (κ3) is 4.98. The van der Waals surface area contributed by atoms with Crippen molar-refractivity contribution in [2.24, 2.45) is 5.92 Å². The highest BCUT2D eigenvalue weighted by Gasteiger charge is 2.28. The van der Waals surface area contributed by atoms with Crippen molar-refractivity contribution in [3.05, 3.63) is 29.3 Å². The van der Waals surface area contributed by atoms with Crippen LogP contribution in [0.3, 0.4) is 0 Å². The van der Waals surface area contributed by atoms with Crippen LogP contribution in [0, 0.1) is 19.8 Å². The topological polar surface area (TPSA) is 55.8 Å². The Morgan fingerprint density at radius 2 is 1.74 bits per heavy atom. The second kappa shape index (κ2) is 7.99. The highest BCUT2D eigenvalue weighted by molar-refractivity contribution is 5.78. The number of amides is 1. The molecule has 1 heterocycles. The number of ether oxygens (including phenoxy) is 2. The molecular formula is C18H25NO4. The number of nitrogens with zero attached hydrogens (tertiary/aromatic N) is 1. The highest BCUT2D eigenvalue weighted by Crippen LogP contribution is 2.20. The van der Waals surface area contributed by atoms with Gasteiger partial charge in [0.1, 0.15) is 5.75 Å². The summed E-state index contributed by atoms with van der Waals surface area (Å²) in [6.45, 7) is 7.41. The van der Waals surface area contributed by atoms with E-state index < -0.39 is 0 Å². The molecule has 0 unspecified atom stereocenters. The number of esters is 1. The smallest absolute Gasteiger partial charge is 0.309 e. The molecule has 0 radical (unpaired) electrons. The van der Waals surface area contributed by atoms with Gasteiger partial charge in [0, 0.05) is 13.1 Å². The number of carbonyl (C=O) groups is 2. The fourth-order valence-electron chi connectivity index (χ4n) is 2.88. The van der Waals surface area contributed by atoms with Gasteiger partial charge >= 0.3 is 5.97 Å². The molecule has 0 aromatic heterocycles. The second-order valence-corrected chi connectivity index (χ2v) is 6.02. The Balaban J connectivity index is 1.80. The van der Waals surface area contributed by atoms with Gasteiger partial charge in [-0.2, -0.15) is 0 Å². The van der Waals surface area contributed by atoms with Crippen LogP contribution in [0.15, 0.2) is 18.2 Å². The zero-order valence-electron chi connectivity index (χ0n) is 14.1. The van der Waals surface area contributed by atoms with Gasteiger partial charge in [-0.15, -0.1) is 0 Å². The summed E-state index contributed by atoms with van der Waals surface area (Å²) in [6.07, 6.45) is 1.32. The normalized spacial score (nSPS) is 15.3. The number of hydrogen-bond acceptors (Lipinski definition) is 4. The number of hydrogen-bond donors (Lipinski definition) is 0. The molecule has 1 aliphatic rings. The molecule has 5 nitrogen and oxygen atoms in total. The zero-order valence-corrected chi connectivity index (χ0v) is 14.1. The standard InChI is InChI=1S/C18H25NO4/c1-4-22-18(21)15-5-7-19(8-6-15)17(20)12-23-16-10-13(2)9-14(3)11-16/h9-11,15H,4-8,12H2,1-3H3.